The summed E-state index contributed by atoms with van der Waals surface area (Å²) in [5, 5.41) is 2.08. The minimum atomic E-state index is 0.498. The lowest BCUT2D eigenvalue weighted by Gasteiger charge is -2.11. The third kappa shape index (κ3) is 3.30. The van der Waals surface area contributed by atoms with Crippen LogP contribution in [0.4, 0.5) is 0 Å². The van der Waals surface area contributed by atoms with Crippen LogP contribution in [-0.2, 0) is 6.54 Å². The fourth-order valence-corrected chi connectivity index (χ4v) is 3.53. The summed E-state index contributed by atoms with van der Waals surface area (Å²) < 4.78 is 2.13. The maximum Gasteiger partial charge on any atom is 0.141 e. The van der Waals surface area contributed by atoms with Crippen molar-refractivity contribution in [3.05, 3.63) is 86.3 Å². The van der Waals surface area contributed by atoms with Crippen LogP contribution in [0, 0.1) is 0 Å². The smallest absolute Gasteiger partial charge is 0.141 e. The summed E-state index contributed by atoms with van der Waals surface area (Å²) in [4.78, 5) is 4.79. The Morgan fingerprint density at radius 1 is 0.731 bits per heavy atom. The molecular weight excluding hydrogens is 410 g/mol. The zero-order valence-electron chi connectivity index (χ0n) is 13.4. The van der Waals surface area contributed by atoms with Crippen LogP contribution in [0.15, 0.2) is 60.7 Å². The Kier molecular flexibility index (Phi) is 4.85. The van der Waals surface area contributed by atoms with Crippen LogP contribution in [0.3, 0.4) is 0 Å². The van der Waals surface area contributed by atoms with E-state index in [0.29, 0.717) is 26.6 Å². The molecule has 0 spiro atoms. The first-order valence-corrected chi connectivity index (χ1v) is 9.39. The SMILES string of the molecule is Clc1ccc(Cn2c(-c3ccc(Cl)c(Cl)c3)nc3ccccc32)cc1Cl. The number of hydrogen-bond donors (Lipinski definition) is 0. The van der Waals surface area contributed by atoms with Gasteiger partial charge in [0.2, 0.25) is 0 Å². The van der Waals surface area contributed by atoms with Crippen molar-refractivity contribution in [1.82, 2.24) is 9.55 Å². The van der Waals surface area contributed by atoms with E-state index >= 15 is 0 Å². The van der Waals surface area contributed by atoms with Gasteiger partial charge < -0.3 is 4.57 Å². The molecule has 0 unspecified atom stereocenters. The molecule has 0 aliphatic carbocycles. The molecule has 6 heteroatoms. The number of aromatic nitrogens is 2. The minimum Gasteiger partial charge on any atom is -0.319 e. The van der Waals surface area contributed by atoms with Crippen LogP contribution < -0.4 is 0 Å². The Morgan fingerprint density at radius 3 is 2.15 bits per heavy atom. The van der Waals surface area contributed by atoms with Crippen LogP contribution in [0.25, 0.3) is 22.4 Å². The molecule has 1 heterocycles. The highest BCUT2D eigenvalue weighted by Gasteiger charge is 2.14. The zero-order valence-corrected chi connectivity index (χ0v) is 16.4. The number of benzene rings is 3. The lowest BCUT2D eigenvalue weighted by Crippen LogP contribution is -2.02. The molecule has 1 aromatic heterocycles. The minimum absolute atomic E-state index is 0.498. The molecule has 0 atom stereocenters. The summed E-state index contributed by atoms with van der Waals surface area (Å²) in [6.45, 7) is 0.604. The predicted molar refractivity (Wildman–Crippen MR) is 111 cm³/mol. The van der Waals surface area contributed by atoms with Gasteiger partial charge in [-0.05, 0) is 48.0 Å². The predicted octanol–water partition coefficient (Wildman–Crippen LogP) is 7.37. The zero-order chi connectivity index (χ0) is 18.3. The molecule has 0 amide bonds. The average molecular weight is 422 g/mol. The molecule has 2 nitrogen and oxygen atoms in total. The highest BCUT2D eigenvalue weighted by atomic mass is 35.5. The Balaban J connectivity index is 1.88. The van der Waals surface area contributed by atoms with E-state index in [1.165, 1.54) is 0 Å². The van der Waals surface area contributed by atoms with Gasteiger partial charge in [-0.3, -0.25) is 0 Å². The molecular formula is C20H12Cl4N2. The number of imidazole rings is 1. The van der Waals surface area contributed by atoms with E-state index in [0.717, 1.165) is 28.0 Å². The Bertz CT molecular complexity index is 1120. The van der Waals surface area contributed by atoms with Gasteiger partial charge in [0, 0.05) is 12.1 Å². The van der Waals surface area contributed by atoms with Crippen LogP contribution >= 0.6 is 46.4 Å². The molecule has 130 valence electrons. The molecule has 0 aliphatic rings. The second kappa shape index (κ2) is 7.13. The lowest BCUT2D eigenvalue weighted by atomic mass is 10.2. The number of halogens is 4. The van der Waals surface area contributed by atoms with Crippen LogP contribution in [-0.4, -0.2) is 9.55 Å². The van der Waals surface area contributed by atoms with Gasteiger partial charge in [-0.2, -0.15) is 0 Å². The topological polar surface area (TPSA) is 17.8 Å². The number of nitrogens with zero attached hydrogens (tertiary/aromatic N) is 2. The molecule has 4 aromatic rings. The normalized spacial score (nSPS) is 11.2. The molecule has 0 bridgehead atoms. The van der Waals surface area contributed by atoms with E-state index in [1.54, 1.807) is 12.1 Å². The van der Waals surface area contributed by atoms with E-state index in [4.69, 9.17) is 51.4 Å². The van der Waals surface area contributed by atoms with Crippen molar-refractivity contribution in [2.45, 2.75) is 6.54 Å². The van der Waals surface area contributed by atoms with E-state index in [2.05, 4.69) is 4.57 Å². The quantitative estimate of drug-likeness (QED) is 0.337. The highest BCUT2D eigenvalue weighted by molar-refractivity contribution is 6.42. The summed E-state index contributed by atoms with van der Waals surface area (Å²) >= 11 is 24.5. The first-order chi connectivity index (χ1) is 12.5. The van der Waals surface area contributed by atoms with Crippen molar-refractivity contribution in [2.75, 3.05) is 0 Å². The monoisotopic (exact) mass is 420 g/mol. The van der Waals surface area contributed by atoms with Gasteiger partial charge in [-0.1, -0.05) is 64.6 Å². The molecule has 0 aliphatic heterocycles. The molecule has 0 N–H and O–H groups in total. The lowest BCUT2D eigenvalue weighted by molar-refractivity contribution is 0.834. The standard InChI is InChI=1S/C20H12Cl4N2/c21-14-7-5-12(9-16(14)23)11-26-19-4-2-1-3-18(19)25-20(26)13-6-8-15(22)17(24)10-13/h1-10H,11H2. The fourth-order valence-electron chi connectivity index (χ4n) is 2.91. The van der Waals surface area contributed by atoms with Gasteiger partial charge in [-0.25, -0.2) is 4.98 Å². The van der Waals surface area contributed by atoms with E-state index in [9.17, 15) is 0 Å². The Labute approximate surface area is 170 Å². The third-order valence-electron chi connectivity index (χ3n) is 4.16. The number of fused-ring (bicyclic) bond motifs is 1. The number of hydrogen-bond acceptors (Lipinski definition) is 1. The summed E-state index contributed by atoms with van der Waals surface area (Å²) in [6, 6.07) is 19.2. The average Bonchev–Trinajstić information content (AvgIpc) is 2.99. The van der Waals surface area contributed by atoms with Gasteiger partial charge in [0.15, 0.2) is 0 Å². The van der Waals surface area contributed by atoms with Crippen LogP contribution in [0.5, 0.6) is 0 Å². The van der Waals surface area contributed by atoms with Crippen molar-refractivity contribution in [1.29, 1.82) is 0 Å². The van der Waals surface area contributed by atoms with Gasteiger partial charge >= 0.3 is 0 Å². The van der Waals surface area contributed by atoms with Crippen LogP contribution in [0.2, 0.25) is 20.1 Å². The number of para-hydroxylation sites is 2. The maximum atomic E-state index is 6.21. The largest absolute Gasteiger partial charge is 0.319 e. The van der Waals surface area contributed by atoms with Gasteiger partial charge in [-0.15, -0.1) is 0 Å². The molecule has 26 heavy (non-hydrogen) atoms. The van der Waals surface area contributed by atoms with Crippen molar-refractivity contribution in [2.24, 2.45) is 0 Å². The summed E-state index contributed by atoms with van der Waals surface area (Å²) in [5.41, 5.74) is 3.87. The van der Waals surface area contributed by atoms with E-state index in [1.807, 2.05) is 48.5 Å². The summed E-state index contributed by atoms with van der Waals surface area (Å²) in [6.07, 6.45) is 0. The van der Waals surface area contributed by atoms with Crippen LogP contribution in [0.1, 0.15) is 5.56 Å². The van der Waals surface area contributed by atoms with Crippen molar-refractivity contribution < 1.29 is 0 Å². The number of rotatable bonds is 3. The molecule has 0 saturated heterocycles. The Hall–Kier alpha value is -1.71. The molecule has 4 rings (SSSR count). The van der Waals surface area contributed by atoms with Crippen molar-refractivity contribution >= 4 is 57.4 Å². The molecule has 0 radical (unpaired) electrons. The third-order valence-corrected chi connectivity index (χ3v) is 5.64. The summed E-state index contributed by atoms with van der Waals surface area (Å²) in [5.74, 6) is 0.816. The van der Waals surface area contributed by atoms with Crippen molar-refractivity contribution in [3.63, 3.8) is 0 Å². The fraction of sp³-hybridized carbons (Fsp3) is 0.0500. The summed E-state index contributed by atoms with van der Waals surface area (Å²) in [7, 11) is 0. The van der Waals surface area contributed by atoms with E-state index < -0.39 is 0 Å². The Morgan fingerprint density at radius 2 is 1.42 bits per heavy atom. The maximum absolute atomic E-state index is 6.21. The van der Waals surface area contributed by atoms with Gasteiger partial charge in [0.05, 0.1) is 31.1 Å². The second-order valence-corrected chi connectivity index (χ2v) is 7.52. The molecule has 3 aromatic carbocycles. The highest BCUT2D eigenvalue weighted by Crippen LogP contribution is 2.31. The second-order valence-electron chi connectivity index (χ2n) is 5.89. The first kappa shape index (κ1) is 17.7. The van der Waals surface area contributed by atoms with Gasteiger partial charge in [0.1, 0.15) is 5.82 Å². The van der Waals surface area contributed by atoms with Crippen molar-refractivity contribution in [3.8, 4) is 11.4 Å². The molecule has 0 saturated carbocycles. The van der Waals surface area contributed by atoms with E-state index in [-0.39, 0.29) is 0 Å². The van der Waals surface area contributed by atoms with Gasteiger partial charge in [0.25, 0.3) is 0 Å². The first-order valence-electron chi connectivity index (χ1n) is 7.87. The molecule has 0 fully saturated rings.